The van der Waals surface area contributed by atoms with Crippen molar-refractivity contribution in [1.29, 1.82) is 0 Å². The fourth-order valence-corrected chi connectivity index (χ4v) is 3.83. The standard InChI is InChI=1S/C15H25N3O4S/c1-12(2)16-10-5-11-17(13(3)4)23(21,22)15-8-6-14(7-9-15)18(19)20/h6-9,12-13,16H,5,10-11H2,1-4H3. The molecule has 1 aromatic rings. The van der Waals surface area contributed by atoms with Crippen molar-refractivity contribution in [1.82, 2.24) is 9.62 Å². The molecule has 0 spiro atoms. The highest BCUT2D eigenvalue weighted by Crippen LogP contribution is 2.21. The number of hydrogen-bond donors (Lipinski definition) is 1. The summed E-state index contributed by atoms with van der Waals surface area (Å²) in [5, 5.41) is 13.9. The lowest BCUT2D eigenvalue weighted by molar-refractivity contribution is -0.384. The van der Waals surface area contributed by atoms with E-state index in [1.54, 1.807) is 0 Å². The van der Waals surface area contributed by atoms with Gasteiger partial charge < -0.3 is 5.32 Å². The molecular weight excluding hydrogens is 318 g/mol. The number of nitro benzene ring substituents is 1. The zero-order valence-corrected chi connectivity index (χ0v) is 14.8. The average Bonchev–Trinajstić information content (AvgIpc) is 2.46. The molecule has 0 unspecified atom stereocenters. The second kappa shape index (κ2) is 8.37. The summed E-state index contributed by atoms with van der Waals surface area (Å²) in [6, 6.07) is 5.17. The number of nitro groups is 1. The number of benzene rings is 1. The van der Waals surface area contributed by atoms with Crippen molar-refractivity contribution in [3.63, 3.8) is 0 Å². The van der Waals surface area contributed by atoms with Crippen molar-refractivity contribution in [2.24, 2.45) is 0 Å². The third-order valence-electron chi connectivity index (χ3n) is 3.34. The predicted octanol–water partition coefficient (Wildman–Crippen LogP) is 2.38. The topological polar surface area (TPSA) is 92.6 Å². The third-order valence-corrected chi connectivity index (χ3v) is 5.43. The molecule has 0 aromatic heterocycles. The van der Waals surface area contributed by atoms with E-state index in [9.17, 15) is 18.5 Å². The van der Waals surface area contributed by atoms with Crippen LogP contribution in [-0.4, -0.2) is 42.8 Å². The first-order valence-electron chi connectivity index (χ1n) is 7.66. The molecule has 1 aromatic carbocycles. The highest BCUT2D eigenvalue weighted by atomic mass is 32.2. The van der Waals surface area contributed by atoms with E-state index in [1.807, 2.05) is 27.7 Å². The zero-order valence-electron chi connectivity index (χ0n) is 14.0. The molecule has 0 aliphatic rings. The van der Waals surface area contributed by atoms with Crippen LogP contribution in [0.2, 0.25) is 0 Å². The maximum Gasteiger partial charge on any atom is 0.269 e. The summed E-state index contributed by atoms with van der Waals surface area (Å²) in [7, 11) is -3.66. The van der Waals surface area contributed by atoms with Crippen LogP contribution in [0.3, 0.4) is 0 Å². The molecule has 0 fully saturated rings. The Balaban J connectivity index is 2.89. The first kappa shape index (κ1) is 19.5. The Bertz CT molecular complexity index is 612. The van der Waals surface area contributed by atoms with Crippen LogP contribution in [0, 0.1) is 10.1 Å². The maximum atomic E-state index is 12.7. The van der Waals surface area contributed by atoms with E-state index in [4.69, 9.17) is 0 Å². The molecule has 0 saturated carbocycles. The van der Waals surface area contributed by atoms with Gasteiger partial charge in [-0.05, 0) is 38.9 Å². The first-order chi connectivity index (χ1) is 10.7. The van der Waals surface area contributed by atoms with Gasteiger partial charge in [-0.3, -0.25) is 10.1 Å². The quantitative estimate of drug-likeness (QED) is 0.422. The van der Waals surface area contributed by atoms with Crippen LogP contribution in [0.1, 0.15) is 34.1 Å². The number of sulfonamides is 1. The predicted molar refractivity (Wildman–Crippen MR) is 89.9 cm³/mol. The second-order valence-electron chi connectivity index (χ2n) is 5.92. The lowest BCUT2D eigenvalue weighted by Crippen LogP contribution is -2.39. The van der Waals surface area contributed by atoms with E-state index < -0.39 is 14.9 Å². The van der Waals surface area contributed by atoms with Gasteiger partial charge in [-0.15, -0.1) is 0 Å². The largest absolute Gasteiger partial charge is 0.314 e. The van der Waals surface area contributed by atoms with Crippen molar-refractivity contribution in [2.75, 3.05) is 13.1 Å². The van der Waals surface area contributed by atoms with E-state index in [-0.39, 0.29) is 16.6 Å². The number of non-ortho nitro benzene ring substituents is 1. The summed E-state index contributed by atoms with van der Waals surface area (Å²) in [5.74, 6) is 0. The summed E-state index contributed by atoms with van der Waals surface area (Å²) in [6.07, 6.45) is 0.697. The van der Waals surface area contributed by atoms with Crippen LogP contribution in [0.5, 0.6) is 0 Å². The monoisotopic (exact) mass is 343 g/mol. The third kappa shape index (κ3) is 5.56. The molecule has 0 atom stereocenters. The summed E-state index contributed by atoms with van der Waals surface area (Å²) in [4.78, 5) is 10.2. The summed E-state index contributed by atoms with van der Waals surface area (Å²) in [5.41, 5.74) is -0.124. The minimum absolute atomic E-state index is 0.0774. The molecule has 7 nitrogen and oxygen atoms in total. The van der Waals surface area contributed by atoms with Gasteiger partial charge in [0, 0.05) is 30.8 Å². The number of nitrogens with zero attached hydrogens (tertiary/aromatic N) is 2. The molecule has 8 heteroatoms. The molecule has 0 radical (unpaired) electrons. The Labute approximate surface area is 137 Å². The van der Waals surface area contributed by atoms with E-state index in [0.717, 1.165) is 6.54 Å². The number of hydrogen-bond acceptors (Lipinski definition) is 5. The number of nitrogens with one attached hydrogen (secondary N) is 1. The Morgan fingerprint density at radius 3 is 2.17 bits per heavy atom. The SMILES string of the molecule is CC(C)NCCCN(C(C)C)S(=O)(=O)c1ccc([N+](=O)[O-])cc1. The van der Waals surface area contributed by atoms with Crippen molar-refractivity contribution in [3.05, 3.63) is 34.4 Å². The van der Waals surface area contributed by atoms with Gasteiger partial charge in [0.15, 0.2) is 0 Å². The van der Waals surface area contributed by atoms with Crippen LogP contribution in [-0.2, 0) is 10.0 Å². The molecule has 0 bridgehead atoms. The Kier molecular flexibility index (Phi) is 7.11. The van der Waals surface area contributed by atoms with Crippen molar-refractivity contribution in [3.8, 4) is 0 Å². The van der Waals surface area contributed by atoms with E-state index in [1.165, 1.54) is 28.6 Å². The summed E-state index contributed by atoms with van der Waals surface area (Å²) < 4.78 is 26.9. The summed E-state index contributed by atoms with van der Waals surface area (Å²) in [6.45, 7) is 8.84. The normalized spacial score (nSPS) is 12.3. The molecule has 0 aliphatic carbocycles. The lowest BCUT2D eigenvalue weighted by atomic mass is 10.3. The Morgan fingerprint density at radius 1 is 1.17 bits per heavy atom. The molecule has 0 aliphatic heterocycles. The highest BCUT2D eigenvalue weighted by molar-refractivity contribution is 7.89. The molecule has 0 amide bonds. The van der Waals surface area contributed by atoms with E-state index >= 15 is 0 Å². The minimum atomic E-state index is -3.66. The van der Waals surface area contributed by atoms with Crippen molar-refractivity contribution in [2.45, 2.75) is 51.1 Å². The molecule has 130 valence electrons. The van der Waals surface area contributed by atoms with Gasteiger partial charge in [0.2, 0.25) is 10.0 Å². The lowest BCUT2D eigenvalue weighted by Gasteiger charge is -2.26. The average molecular weight is 343 g/mol. The van der Waals surface area contributed by atoms with Gasteiger partial charge in [-0.2, -0.15) is 4.31 Å². The smallest absolute Gasteiger partial charge is 0.269 e. The van der Waals surface area contributed by atoms with Gasteiger partial charge in [0.25, 0.3) is 5.69 Å². The Hall–Kier alpha value is -1.51. The molecule has 1 N–H and O–H groups in total. The fourth-order valence-electron chi connectivity index (χ4n) is 2.16. The molecule has 1 rings (SSSR count). The van der Waals surface area contributed by atoms with Crippen LogP contribution in [0.15, 0.2) is 29.2 Å². The van der Waals surface area contributed by atoms with Gasteiger partial charge in [-0.1, -0.05) is 13.8 Å². The second-order valence-corrected chi connectivity index (χ2v) is 7.81. The Morgan fingerprint density at radius 2 is 1.74 bits per heavy atom. The van der Waals surface area contributed by atoms with E-state index in [0.29, 0.717) is 19.0 Å². The van der Waals surface area contributed by atoms with Gasteiger partial charge >= 0.3 is 0 Å². The van der Waals surface area contributed by atoms with Crippen LogP contribution < -0.4 is 5.32 Å². The van der Waals surface area contributed by atoms with Crippen LogP contribution in [0.4, 0.5) is 5.69 Å². The maximum absolute atomic E-state index is 12.7. The van der Waals surface area contributed by atoms with Gasteiger partial charge in [0.1, 0.15) is 0 Å². The molecular formula is C15H25N3O4S. The molecule has 0 heterocycles. The van der Waals surface area contributed by atoms with Gasteiger partial charge in [-0.25, -0.2) is 8.42 Å². The van der Waals surface area contributed by atoms with E-state index in [2.05, 4.69) is 5.32 Å². The van der Waals surface area contributed by atoms with Crippen molar-refractivity contribution < 1.29 is 13.3 Å². The fraction of sp³-hybridized carbons (Fsp3) is 0.600. The first-order valence-corrected chi connectivity index (χ1v) is 9.10. The molecule has 23 heavy (non-hydrogen) atoms. The zero-order chi connectivity index (χ0) is 17.6. The van der Waals surface area contributed by atoms with Crippen LogP contribution >= 0.6 is 0 Å². The number of rotatable bonds is 9. The van der Waals surface area contributed by atoms with Crippen LogP contribution in [0.25, 0.3) is 0 Å². The van der Waals surface area contributed by atoms with Crippen molar-refractivity contribution >= 4 is 15.7 Å². The minimum Gasteiger partial charge on any atom is -0.314 e. The van der Waals surface area contributed by atoms with Gasteiger partial charge in [0.05, 0.1) is 9.82 Å². The summed E-state index contributed by atoms with van der Waals surface area (Å²) >= 11 is 0. The highest BCUT2D eigenvalue weighted by Gasteiger charge is 2.27. The molecule has 0 saturated heterocycles.